The number of piperidine rings is 2. The molecule has 1 aliphatic carbocycles. The smallest absolute Gasteiger partial charge is 0.255 e. The number of nitrogens with one attached hydrogen (secondary N) is 1. The van der Waals surface area contributed by atoms with Gasteiger partial charge in [0.15, 0.2) is 0 Å². The predicted octanol–water partition coefficient (Wildman–Crippen LogP) is 6.08. The molecular weight excluding hydrogens is 715 g/mol. The Labute approximate surface area is 334 Å². The number of phenols is 1. The standard InChI is InChI=1S/C47H51N5O5/c53-39-11-13-40-36(26-39)29-57-45(34-5-4-31-2-1-3-33(31)24-34)44(40)32-6-8-37(9-7-32)50-18-16-30(17-19-50)27-49-20-22-51(23-21-49)38-10-12-41-35(25-38)28-52(47(41)56)42-14-15-43(54)48-46(42)55/h4-13,24-26,30,42,44-45,53H,1-3,14-23,27-29H2,(H,48,54,55)/t42-,44-,45-/m0/s1. The van der Waals surface area contributed by atoms with Gasteiger partial charge in [0, 0.05) is 81.6 Å². The number of fused-ring (bicyclic) bond motifs is 3. The summed E-state index contributed by atoms with van der Waals surface area (Å²) >= 11 is 0. The molecule has 5 aliphatic heterocycles. The summed E-state index contributed by atoms with van der Waals surface area (Å²) in [5.74, 6) is 0.249. The second-order valence-corrected chi connectivity index (χ2v) is 17.0. The van der Waals surface area contributed by atoms with Crippen LogP contribution >= 0.6 is 0 Å². The third-order valence-electron chi connectivity index (χ3n) is 13.6. The van der Waals surface area contributed by atoms with Crippen molar-refractivity contribution in [1.29, 1.82) is 0 Å². The minimum absolute atomic E-state index is 0.0521. The molecule has 0 spiro atoms. The lowest BCUT2D eigenvalue weighted by Crippen LogP contribution is -2.52. The number of hydrogen-bond acceptors (Lipinski definition) is 8. The number of anilines is 2. The zero-order valence-corrected chi connectivity index (χ0v) is 32.5. The molecule has 3 amide bonds. The van der Waals surface area contributed by atoms with Gasteiger partial charge in [-0.2, -0.15) is 0 Å². The van der Waals surface area contributed by atoms with Crippen LogP contribution in [0.3, 0.4) is 0 Å². The van der Waals surface area contributed by atoms with Gasteiger partial charge in [-0.1, -0.05) is 36.4 Å². The first kappa shape index (κ1) is 36.2. The van der Waals surface area contributed by atoms with E-state index in [0.717, 1.165) is 69.0 Å². The molecule has 4 aromatic rings. The van der Waals surface area contributed by atoms with Crippen LogP contribution < -0.4 is 15.1 Å². The number of aromatic hydroxyl groups is 1. The molecule has 3 atom stereocenters. The Morgan fingerprint density at radius 1 is 0.684 bits per heavy atom. The number of ether oxygens (including phenoxy) is 1. The Bertz CT molecular complexity index is 2210. The molecule has 0 saturated carbocycles. The van der Waals surface area contributed by atoms with E-state index < -0.39 is 6.04 Å². The van der Waals surface area contributed by atoms with Gasteiger partial charge in [-0.3, -0.25) is 24.6 Å². The van der Waals surface area contributed by atoms with Crippen LogP contribution in [-0.4, -0.2) is 84.5 Å². The molecule has 5 heterocycles. The second kappa shape index (κ2) is 15.0. The van der Waals surface area contributed by atoms with Crippen molar-refractivity contribution in [2.45, 2.75) is 76.2 Å². The fourth-order valence-electron chi connectivity index (χ4n) is 10.4. The summed E-state index contributed by atoms with van der Waals surface area (Å²) in [6.45, 7) is 8.06. The molecule has 3 saturated heterocycles. The van der Waals surface area contributed by atoms with Crippen molar-refractivity contribution in [1.82, 2.24) is 15.1 Å². The van der Waals surface area contributed by atoms with Crippen LogP contribution in [0.25, 0.3) is 0 Å². The van der Waals surface area contributed by atoms with Crippen molar-refractivity contribution in [3.63, 3.8) is 0 Å². The maximum atomic E-state index is 13.2. The third kappa shape index (κ3) is 6.97. The van der Waals surface area contributed by atoms with Crippen LogP contribution in [0.15, 0.2) is 78.9 Å². The maximum Gasteiger partial charge on any atom is 0.255 e. The van der Waals surface area contributed by atoms with Gasteiger partial charge in [0.1, 0.15) is 11.8 Å². The third-order valence-corrected chi connectivity index (χ3v) is 13.6. The van der Waals surface area contributed by atoms with Crippen molar-refractivity contribution in [2.75, 3.05) is 55.6 Å². The van der Waals surface area contributed by atoms with E-state index in [2.05, 4.69) is 74.6 Å². The van der Waals surface area contributed by atoms with Gasteiger partial charge in [-0.25, -0.2) is 0 Å². The molecule has 10 heteroatoms. The lowest BCUT2D eigenvalue weighted by Gasteiger charge is -2.40. The topological polar surface area (TPSA) is 106 Å². The Kier molecular flexibility index (Phi) is 9.49. The molecule has 0 unspecified atom stereocenters. The maximum absolute atomic E-state index is 13.2. The zero-order valence-electron chi connectivity index (χ0n) is 32.5. The Morgan fingerprint density at radius 2 is 1.44 bits per heavy atom. The molecule has 4 aromatic carbocycles. The number of imide groups is 1. The van der Waals surface area contributed by atoms with Gasteiger partial charge in [0.2, 0.25) is 11.8 Å². The Morgan fingerprint density at radius 3 is 2.25 bits per heavy atom. The number of piperazine rings is 1. The average molecular weight is 766 g/mol. The van der Waals surface area contributed by atoms with Crippen molar-refractivity contribution in [3.05, 3.63) is 123 Å². The van der Waals surface area contributed by atoms with Gasteiger partial charge in [0.25, 0.3) is 5.91 Å². The van der Waals surface area contributed by atoms with Crippen LogP contribution in [0.1, 0.15) is 93.4 Å². The molecular formula is C47H51N5O5. The fourth-order valence-corrected chi connectivity index (χ4v) is 10.4. The molecule has 2 N–H and O–H groups in total. The Hall–Kier alpha value is -5.19. The summed E-state index contributed by atoms with van der Waals surface area (Å²) in [4.78, 5) is 46.5. The monoisotopic (exact) mass is 765 g/mol. The zero-order chi connectivity index (χ0) is 38.6. The lowest BCUT2D eigenvalue weighted by atomic mass is 9.79. The molecule has 0 bridgehead atoms. The van der Waals surface area contributed by atoms with E-state index in [4.69, 9.17) is 4.74 Å². The molecule has 294 valence electrons. The lowest BCUT2D eigenvalue weighted by molar-refractivity contribution is -0.136. The van der Waals surface area contributed by atoms with Gasteiger partial charge < -0.3 is 24.5 Å². The van der Waals surface area contributed by atoms with E-state index in [1.807, 2.05) is 24.3 Å². The number of hydrogen-bond donors (Lipinski definition) is 2. The highest BCUT2D eigenvalue weighted by Gasteiger charge is 2.40. The summed E-state index contributed by atoms with van der Waals surface area (Å²) < 4.78 is 6.61. The summed E-state index contributed by atoms with van der Waals surface area (Å²) in [6, 6.07) is 27.4. The van der Waals surface area contributed by atoms with E-state index in [-0.39, 0.29) is 41.9 Å². The minimum Gasteiger partial charge on any atom is -0.508 e. The van der Waals surface area contributed by atoms with Crippen LogP contribution in [0.4, 0.5) is 11.4 Å². The number of rotatable bonds is 7. The molecule has 0 aromatic heterocycles. The van der Waals surface area contributed by atoms with E-state index in [9.17, 15) is 19.5 Å². The average Bonchev–Trinajstić information content (AvgIpc) is 3.84. The number of amides is 3. The first-order chi connectivity index (χ1) is 27.8. The van der Waals surface area contributed by atoms with Gasteiger partial charge in [0.05, 0.1) is 12.7 Å². The second-order valence-electron chi connectivity index (χ2n) is 17.0. The largest absolute Gasteiger partial charge is 0.508 e. The van der Waals surface area contributed by atoms with Gasteiger partial charge in [-0.15, -0.1) is 0 Å². The van der Waals surface area contributed by atoms with Crippen LogP contribution in [-0.2, 0) is 40.3 Å². The molecule has 10 rings (SSSR count). The highest BCUT2D eigenvalue weighted by molar-refractivity contribution is 6.05. The summed E-state index contributed by atoms with van der Waals surface area (Å²) in [7, 11) is 0. The number of benzene rings is 4. The highest BCUT2D eigenvalue weighted by atomic mass is 16.5. The molecule has 57 heavy (non-hydrogen) atoms. The van der Waals surface area contributed by atoms with Crippen LogP contribution in [0, 0.1) is 5.92 Å². The molecule has 3 fully saturated rings. The van der Waals surface area contributed by atoms with Crippen molar-refractivity contribution in [2.24, 2.45) is 5.92 Å². The summed E-state index contributed by atoms with van der Waals surface area (Å²) in [6.07, 6.45) is 6.46. The van der Waals surface area contributed by atoms with E-state index in [1.54, 1.807) is 4.90 Å². The number of phenolic OH excluding ortho intramolecular Hbond substituents is 1. The molecule has 6 aliphatic rings. The normalized spacial score (nSPS) is 24.0. The first-order valence-corrected chi connectivity index (χ1v) is 21.0. The predicted molar refractivity (Wildman–Crippen MR) is 218 cm³/mol. The fraction of sp³-hybridized carbons (Fsp3) is 0.426. The van der Waals surface area contributed by atoms with Crippen LogP contribution in [0.2, 0.25) is 0 Å². The highest BCUT2D eigenvalue weighted by Crippen LogP contribution is 2.46. The van der Waals surface area contributed by atoms with Crippen molar-refractivity contribution >= 4 is 29.1 Å². The molecule has 0 radical (unpaired) electrons. The SMILES string of the molecule is O=C1CC[C@H](N2Cc3cc(N4CCN(CC5CCN(c6ccc([C@H]7c8ccc(O)cc8CO[C@H]7c7ccc8c(c7)CCC8)cc6)CC5)CC4)ccc3C2=O)C(=O)N1. The van der Waals surface area contributed by atoms with E-state index in [0.29, 0.717) is 31.1 Å². The van der Waals surface area contributed by atoms with Gasteiger partial charge in [-0.05, 0) is 126 Å². The van der Waals surface area contributed by atoms with Crippen molar-refractivity contribution in [3.8, 4) is 5.75 Å². The van der Waals surface area contributed by atoms with Crippen molar-refractivity contribution < 1.29 is 24.2 Å². The van der Waals surface area contributed by atoms with Gasteiger partial charge >= 0.3 is 0 Å². The number of carbonyl (C=O) groups is 3. The number of nitrogens with zero attached hydrogens (tertiary/aromatic N) is 4. The Balaban J connectivity index is 0.740. The number of carbonyl (C=O) groups excluding carboxylic acids is 3. The van der Waals surface area contributed by atoms with E-state index in [1.165, 1.54) is 59.2 Å². The number of aryl methyl sites for hydroxylation is 2. The quantitative estimate of drug-likeness (QED) is 0.218. The first-order valence-electron chi connectivity index (χ1n) is 21.0. The minimum atomic E-state index is -0.589. The molecule has 10 nitrogen and oxygen atoms in total. The summed E-state index contributed by atoms with van der Waals surface area (Å²) in [5, 5.41) is 12.7. The summed E-state index contributed by atoms with van der Waals surface area (Å²) in [5.41, 5.74) is 11.7. The van der Waals surface area contributed by atoms with E-state index >= 15 is 0 Å². The van der Waals surface area contributed by atoms with Crippen LogP contribution in [0.5, 0.6) is 5.75 Å².